The molecular weight excluding hydrogens is 367 g/mol. The zero-order valence-corrected chi connectivity index (χ0v) is 16.7. The first-order valence-corrected chi connectivity index (χ1v) is 10.7. The van der Waals surface area contributed by atoms with Crippen molar-refractivity contribution < 1.29 is 28.0 Å². The molecule has 0 heterocycles. The first kappa shape index (κ1) is 21.1. The first-order chi connectivity index (χ1) is 13.0. The fourth-order valence-corrected chi connectivity index (χ4v) is 2.96. The molecule has 0 aliphatic carbocycles. The van der Waals surface area contributed by atoms with Gasteiger partial charge in [-0.05, 0) is 61.4 Å². The number of rotatable bonds is 12. The van der Waals surface area contributed by atoms with Crippen LogP contribution >= 0.6 is 7.82 Å². The normalized spacial score (nSPS) is 11.1. The minimum absolute atomic E-state index is 0.225. The topological polar surface area (TPSA) is 74.2 Å². The summed E-state index contributed by atoms with van der Waals surface area (Å²) in [7, 11) is -4.30. The highest BCUT2D eigenvalue weighted by Gasteiger charge is 2.25. The number of hydrogen-bond donors (Lipinski definition) is 1. The van der Waals surface area contributed by atoms with Gasteiger partial charge >= 0.3 is 7.82 Å². The van der Waals surface area contributed by atoms with Gasteiger partial charge in [0.15, 0.2) is 0 Å². The Morgan fingerprint density at radius 2 is 1.04 bits per heavy atom. The van der Waals surface area contributed by atoms with E-state index in [2.05, 4.69) is 13.8 Å². The van der Waals surface area contributed by atoms with Crippen molar-refractivity contribution in [3.63, 3.8) is 0 Å². The molecule has 0 bridgehead atoms. The summed E-state index contributed by atoms with van der Waals surface area (Å²) in [6.07, 6.45) is 4.05. The lowest BCUT2D eigenvalue weighted by Crippen LogP contribution is -2.01. The minimum Gasteiger partial charge on any atom is -0.494 e. The highest BCUT2D eigenvalue weighted by molar-refractivity contribution is 7.48. The van der Waals surface area contributed by atoms with Crippen LogP contribution in [-0.4, -0.2) is 18.1 Å². The van der Waals surface area contributed by atoms with E-state index in [9.17, 15) is 9.46 Å². The number of phosphoric acid groups is 1. The highest BCUT2D eigenvalue weighted by Crippen LogP contribution is 2.44. The van der Waals surface area contributed by atoms with E-state index >= 15 is 0 Å². The van der Waals surface area contributed by atoms with E-state index in [1.807, 2.05) is 0 Å². The maximum atomic E-state index is 12.2. The fourth-order valence-electron chi connectivity index (χ4n) is 2.15. The van der Waals surface area contributed by atoms with Gasteiger partial charge in [-0.25, -0.2) is 4.57 Å². The van der Waals surface area contributed by atoms with Crippen molar-refractivity contribution in [1.82, 2.24) is 0 Å². The average Bonchev–Trinajstić information content (AvgIpc) is 2.64. The lowest BCUT2D eigenvalue weighted by Gasteiger charge is -2.14. The molecule has 0 saturated heterocycles. The molecule has 0 aliphatic rings. The quantitative estimate of drug-likeness (QED) is 0.373. The van der Waals surface area contributed by atoms with Crippen molar-refractivity contribution in [2.24, 2.45) is 0 Å². The van der Waals surface area contributed by atoms with Crippen molar-refractivity contribution in [3.8, 4) is 23.0 Å². The third-order valence-electron chi connectivity index (χ3n) is 3.62. The molecule has 0 unspecified atom stereocenters. The van der Waals surface area contributed by atoms with Gasteiger partial charge in [0.25, 0.3) is 0 Å². The number of benzene rings is 2. The summed E-state index contributed by atoms with van der Waals surface area (Å²) < 4.78 is 33.5. The molecule has 0 fully saturated rings. The van der Waals surface area contributed by atoms with Crippen molar-refractivity contribution in [3.05, 3.63) is 48.5 Å². The maximum absolute atomic E-state index is 12.2. The smallest absolute Gasteiger partial charge is 0.494 e. The van der Waals surface area contributed by atoms with Crippen LogP contribution in [0.3, 0.4) is 0 Å². The Kier molecular flexibility index (Phi) is 8.49. The van der Waals surface area contributed by atoms with Gasteiger partial charge in [0.05, 0.1) is 13.2 Å². The average molecular weight is 394 g/mol. The van der Waals surface area contributed by atoms with Gasteiger partial charge in [0, 0.05) is 0 Å². The van der Waals surface area contributed by atoms with Crippen LogP contribution < -0.4 is 18.5 Å². The Hall–Kier alpha value is -2.17. The van der Waals surface area contributed by atoms with Gasteiger partial charge in [-0.15, -0.1) is 0 Å². The van der Waals surface area contributed by atoms with Crippen LogP contribution in [0, 0.1) is 0 Å². The summed E-state index contributed by atoms with van der Waals surface area (Å²) in [6.45, 7) is 5.45. The molecule has 27 heavy (non-hydrogen) atoms. The summed E-state index contributed by atoms with van der Waals surface area (Å²) in [6, 6.07) is 13.0. The highest BCUT2D eigenvalue weighted by atomic mass is 31.2. The van der Waals surface area contributed by atoms with E-state index in [4.69, 9.17) is 18.5 Å². The molecule has 7 heteroatoms. The Balaban J connectivity index is 1.87. The lowest BCUT2D eigenvalue weighted by molar-refractivity contribution is 0.288. The molecule has 2 aromatic rings. The van der Waals surface area contributed by atoms with E-state index < -0.39 is 7.82 Å². The molecule has 0 saturated carbocycles. The summed E-state index contributed by atoms with van der Waals surface area (Å²) in [5, 5.41) is 0. The van der Waals surface area contributed by atoms with E-state index in [0.717, 1.165) is 25.7 Å². The second-order valence-corrected chi connectivity index (χ2v) is 7.30. The van der Waals surface area contributed by atoms with Crippen LogP contribution in [0.5, 0.6) is 23.0 Å². The Labute approximate surface area is 160 Å². The number of unbranched alkanes of at least 4 members (excludes halogenated alkanes) is 2. The third-order valence-corrected chi connectivity index (χ3v) is 4.51. The largest absolute Gasteiger partial charge is 0.584 e. The SMILES string of the molecule is CCCCOc1ccc(OP(=O)(O)Oc2ccc(OCCCC)cc2)cc1. The van der Waals surface area contributed by atoms with Crippen LogP contribution in [-0.2, 0) is 4.57 Å². The maximum Gasteiger partial charge on any atom is 0.584 e. The number of phosphoric ester groups is 1. The summed E-state index contributed by atoms with van der Waals surface area (Å²) >= 11 is 0. The van der Waals surface area contributed by atoms with Crippen LogP contribution in [0.25, 0.3) is 0 Å². The van der Waals surface area contributed by atoms with Crippen LogP contribution in [0.1, 0.15) is 39.5 Å². The molecule has 0 radical (unpaired) electrons. The number of ether oxygens (including phenoxy) is 2. The summed E-state index contributed by atoms with van der Waals surface area (Å²) in [5.74, 6) is 1.82. The van der Waals surface area contributed by atoms with E-state index in [0.29, 0.717) is 24.7 Å². The molecule has 2 rings (SSSR count). The molecule has 148 valence electrons. The van der Waals surface area contributed by atoms with Gasteiger partial charge in [-0.3, -0.25) is 4.89 Å². The third kappa shape index (κ3) is 7.94. The Bertz CT molecular complexity index is 655. The molecule has 6 nitrogen and oxygen atoms in total. The van der Waals surface area contributed by atoms with E-state index in [1.54, 1.807) is 48.5 Å². The molecule has 0 aromatic heterocycles. The van der Waals surface area contributed by atoms with Crippen LogP contribution in [0.2, 0.25) is 0 Å². The van der Waals surface area contributed by atoms with Crippen molar-refractivity contribution >= 4 is 7.82 Å². The van der Waals surface area contributed by atoms with E-state index in [-0.39, 0.29) is 11.5 Å². The van der Waals surface area contributed by atoms with Crippen LogP contribution in [0.4, 0.5) is 0 Å². The van der Waals surface area contributed by atoms with Crippen molar-refractivity contribution in [1.29, 1.82) is 0 Å². The van der Waals surface area contributed by atoms with E-state index in [1.165, 1.54) is 0 Å². The monoisotopic (exact) mass is 394 g/mol. The molecule has 0 atom stereocenters. The predicted molar refractivity (Wildman–Crippen MR) is 105 cm³/mol. The zero-order valence-electron chi connectivity index (χ0n) is 15.8. The van der Waals surface area contributed by atoms with Gasteiger partial charge in [0.1, 0.15) is 23.0 Å². The second-order valence-electron chi connectivity index (χ2n) is 6.00. The molecule has 0 aliphatic heterocycles. The summed E-state index contributed by atoms with van der Waals surface area (Å²) in [5.41, 5.74) is 0. The molecule has 2 aromatic carbocycles. The lowest BCUT2D eigenvalue weighted by atomic mass is 10.3. The number of hydrogen-bond acceptors (Lipinski definition) is 5. The van der Waals surface area contributed by atoms with Crippen molar-refractivity contribution in [2.75, 3.05) is 13.2 Å². The first-order valence-electron chi connectivity index (χ1n) is 9.20. The standard InChI is InChI=1S/C20H27O6P/c1-3-5-15-23-17-7-11-19(12-8-17)25-27(21,22)26-20-13-9-18(10-14-20)24-16-6-4-2/h7-14H,3-6,15-16H2,1-2H3,(H,21,22). The Morgan fingerprint density at radius 3 is 1.37 bits per heavy atom. The van der Waals surface area contributed by atoms with Gasteiger partial charge in [-0.1, -0.05) is 26.7 Å². The molecule has 1 N–H and O–H groups in total. The minimum atomic E-state index is -4.30. The second kappa shape index (κ2) is 10.9. The van der Waals surface area contributed by atoms with Gasteiger partial charge in [0.2, 0.25) is 0 Å². The Morgan fingerprint density at radius 1 is 0.704 bits per heavy atom. The summed E-state index contributed by atoms with van der Waals surface area (Å²) in [4.78, 5) is 9.96. The van der Waals surface area contributed by atoms with Gasteiger partial charge in [-0.2, -0.15) is 0 Å². The molecular formula is C20H27O6P. The predicted octanol–water partition coefficient (Wildman–Crippen LogP) is 5.60. The van der Waals surface area contributed by atoms with Crippen molar-refractivity contribution in [2.45, 2.75) is 39.5 Å². The molecule has 0 amide bonds. The van der Waals surface area contributed by atoms with Gasteiger partial charge < -0.3 is 18.5 Å². The van der Waals surface area contributed by atoms with Crippen LogP contribution in [0.15, 0.2) is 48.5 Å². The fraction of sp³-hybridized carbons (Fsp3) is 0.400. The molecule has 0 spiro atoms. The zero-order chi connectivity index (χ0) is 19.5.